The monoisotopic (exact) mass is 285 g/mol. The average molecular weight is 286 g/mol. The van der Waals surface area contributed by atoms with Crippen LogP contribution in [0.3, 0.4) is 0 Å². The van der Waals surface area contributed by atoms with Gasteiger partial charge in [0, 0.05) is 10.2 Å². The summed E-state index contributed by atoms with van der Waals surface area (Å²) in [7, 11) is 0. The lowest BCUT2D eigenvalue weighted by atomic mass is 10.1. The number of carbonyl (C=O) groups is 1. The van der Waals surface area contributed by atoms with Gasteiger partial charge in [-0.25, -0.2) is 4.79 Å². The van der Waals surface area contributed by atoms with E-state index in [0.29, 0.717) is 6.61 Å². The van der Waals surface area contributed by atoms with E-state index in [0.717, 1.165) is 10.2 Å². The molecule has 0 amide bonds. The van der Waals surface area contributed by atoms with Gasteiger partial charge < -0.3 is 10.1 Å². The minimum atomic E-state index is -0.725. The highest BCUT2D eigenvalue weighted by atomic mass is 79.9. The van der Waals surface area contributed by atoms with E-state index in [1.54, 1.807) is 20.8 Å². The molecule has 0 atom stereocenters. The number of benzene rings is 1. The van der Waals surface area contributed by atoms with E-state index in [2.05, 4.69) is 21.2 Å². The van der Waals surface area contributed by atoms with Crippen molar-refractivity contribution >= 4 is 27.6 Å². The Labute approximate surface area is 104 Å². The summed E-state index contributed by atoms with van der Waals surface area (Å²) in [5, 5.41) is 3.14. The highest BCUT2D eigenvalue weighted by molar-refractivity contribution is 9.10. The van der Waals surface area contributed by atoms with Gasteiger partial charge in [-0.3, -0.25) is 0 Å². The first kappa shape index (κ1) is 13.0. The molecule has 16 heavy (non-hydrogen) atoms. The molecule has 0 fully saturated rings. The molecule has 0 aliphatic heterocycles. The minimum absolute atomic E-state index is 0.255. The molecule has 1 aromatic carbocycles. The van der Waals surface area contributed by atoms with Crippen LogP contribution in [0.25, 0.3) is 0 Å². The molecule has 0 unspecified atom stereocenters. The van der Waals surface area contributed by atoms with Crippen LogP contribution in [0.5, 0.6) is 0 Å². The van der Waals surface area contributed by atoms with Gasteiger partial charge in [-0.05, 0) is 39.0 Å². The molecule has 0 saturated heterocycles. The standard InChI is InChI=1S/C12H16BrNO2/c1-4-16-11(15)12(2,3)14-10-7-5-6-9(13)8-10/h5-8,14H,4H2,1-3H3. The predicted molar refractivity (Wildman–Crippen MR) is 68.5 cm³/mol. The van der Waals surface area contributed by atoms with Crippen LogP contribution in [0.4, 0.5) is 5.69 Å². The molecule has 88 valence electrons. The second kappa shape index (κ2) is 5.34. The van der Waals surface area contributed by atoms with E-state index in [9.17, 15) is 4.79 Å². The Balaban J connectivity index is 2.75. The summed E-state index contributed by atoms with van der Waals surface area (Å²) in [6.45, 7) is 5.79. The third-order valence-corrected chi connectivity index (χ3v) is 2.56. The van der Waals surface area contributed by atoms with Gasteiger partial charge in [0.1, 0.15) is 5.54 Å². The number of esters is 1. The topological polar surface area (TPSA) is 38.3 Å². The van der Waals surface area contributed by atoms with Crippen molar-refractivity contribution in [2.45, 2.75) is 26.3 Å². The highest BCUT2D eigenvalue weighted by Gasteiger charge is 2.28. The van der Waals surface area contributed by atoms with E-state index in [-0.39, 0.29) is 5.97 Å². The maximum Gasteiger partial charge on any atom is 0.331 e. The number of halogens is 1. The van der Waals surface area contributed by atoms with Crippen LogP contribution >= 0.6 is 15.9 Å². The zero-order valence-electron chi connectivity index (χ0n) is 9.71. The van der Waals surface area contributed by atoms with Crippen molar-refractivity contribution in [3.05, 3.63) is 28.7 Å². The summed E-state index contributed by atoms with van der Waals surface area (Å²) >= 11 is 3.38. The SMILES string of the molecule is CCOC(=O)C(C)(C)Nc1cccc(Br)c1. The first-order valence-electron chi connectivity index (χ1n) is 5.16. The number of nitrogens with one attached hydrogen (secondary N) is 1. The first-order valence-corrected chi connectivity index (χ1v) is 5.96. The van der Waals surface area contributed by atoms with Crippen LogP contribution in [-0.4, -0.2) is 18.1 Å². The van der Waals surface area contributed by atoms with Gasteiger partial charge in [-0.2, -0.15) is 0 Å². The fourth-order valence-corrected chi connectivity index (χ4v) is 1.69. The third kappa shape index (κ3) is 3.52. The number of hydrogen-bond acceptors (Lipinski definition) is 3. The fraction of sp³-hybridized carbons (Fsp3) is 0.417. The van der Waals surface area contributed by atoms with Crippen molar-refractivity contribution in [1.29, 1.82) is 0 Å². The Hall–Kier alpha value is -1.03. The smallest absolute Gasteiger partial charge is 0.331 e. The van der Waals surface area contributed by atoms with Crippen LogP contribution in [0.2, 0.25) is 0 Å². The summed E-state index contributed by atoms with van der Waals surface area (Å²) in [5.41, 5.74) is 0.156. The van der Waals surface area contributed by atoms with Crippen molar-refractivity contribution in [2.75, 3.05) is 11.9 Å². The third-order valence-electron chi connectivity index (χ3n) is 2.07. The summed E-state index contributed by atoms with van der Waals surface area (Å²) < 4.78 is 5.97. The molecule has 3 nitrogen and oxygen atoms in total. The van der Waals surface area contributed by atoms with Crippen LogP contribution in [0.1, 0.15) is 20.8 Å². The van der Waals surface area contributed by atoms with E-state index in [4.69, 9.17) is 4.74 Å². The van der Waals surface area contributed by atoms with Gasteiger partial charge >= 0.3 is 5.97 Å². The molecule has 0 aliphatic rings. The van der Waals surface area contributed by atoms with Gasteiger partial charge in [0.25, 0.3) is 0 Å². The zero-order chi connectivity index (χ0) is 12.2. The maximum absolute atomic E-state index is 11.7. The lowest BCUT2D eigenvalue weighted by Gasteiger charge is -2.25. The van der Waals surface area contributed by atoms with Crippen molar-refractivity contribution in [2.24, 2.45) is 0 Å². The minimum Gasteiger partial charge on any atom is -0.464 e. The Kier molecular flexibility index (Phi) is 4.35. The van der Waals surface area contributed by atoms with Crippen LogP contribution in [0.15, 0.2) is 28.7 Å². The maximum atomic E-state index is 11.7. The van der Waals surface area contributed by atoms with Gasteiger partial charge in [0.05, 0.1) is 6.61 Å². The van der Waals surface area contributed by atoms with E-state index in [1.807, 2.05) is 24.3 Å². The van der Waals surface area contributed by atoms with Crippen LogP contribution in [0, 0.1) is 0 Å². The normalized spacial score (nSPS) is 11.0. The molecule has 1 N–H and O–H groups in total. The number of rotatable bonds is 4. The molecule has 1 rings (SSSR count). The van der Waals surface area contributed by atoms with Crippen molar-refractivity contribution < 1.29 is 9.53 Å². The number of carbonyl (C=O) groups excluding carboxylic acids is 1. The zero-order valence-corrected chi connectivity index (χ0v) is 11.3. The largest absolute Gasteiger partial charge is 0.464 e. The molecule has 0 aromatic heterocycles. The number of ether oxygens (including phenoxy) is 1. The molecule has 0 bridgehead atoms. The molecule has 0 spiro atoms. The second-order valence-corrected chi connectivity index (χ2v) is 4.90. The van der Waals surface area contributed by atoms with Gasteiger partial charge in [0.2, 0.25) is 0 Å². The Morgan fingerprint density at radius 1 is 1.50 bits per heavy atom. The van der Waals surface area contributed by atoms with E-state index >= 15 is 0 Å². The van der Waals surface area contributed by atoms with Crippen molar-refractivity contribution in [1.82, 2.24) is 0 Å². The summed E-state index contributed by atoms with van der Waals surface area (Å²) in [5.74, 6) is -0.255. The quantitative estimate of drug-likeness (QED) is 0.864. The summed E-state index contributed by atoms with van der Waals surface area (Å²) in [4.78, 5) is 11.7. The number of anilines is 1. The van der Waals surface area contributed by atoms with Crippen molar-refractivity contribution in [3.63, 3.8) is 0 Å². The molecule has 1 aromatic rings. The lowest BCUT2D eigenvalue weighted by Crippen LogP contribution is -2.41. The lowest BCUT2D eigenvalue weighted by molar-refractivity contribution is -0.147. The van der Waals surface area contributed by atoms with Crippen molar-refractivity contribution in [3.8, 4) is 0 Å². The fourth-order valence-electron chi connectivity index (χ4n) is 1.29. The second-order valence-electron chi connectivity index (χ2n) is 3.98. The van der Waals surface area contributed by atoms with Gasteiger partial charge in [-0.15, -0.1) is 0 Å². The molecule has 0 radical (unpaired) electrons. The average Bonchev–Trinajstić information content (AvgIpc) is 2.17. The molecule has 0 aliphatic carbocycles. The Bertz CT molecular complexity index is 377. The highest BCUT2D eigenvalue weighted by Crippen LogP contribution is 2.20. The Morgan fingerprint density at radius 3 is 2.75 bits per heavy atom. The van der Waals surface area contributed by atoms with Gasteiger partial charge in [-0.1, -0.05) is 22.0 Å². The van der Waals surface area contributed by atoms with Gasteiger partial charge in [0.15, 0.2) is 0 Å². The molecule has 4 heteroatoms. The summed E-state index contributed by atoms with van der Waals surface area (Å²) in [6.07, 6.45) is 0. The number of hydrogen-bond donors (Lipinski definition) is 1. The molecule has 0 saturated carbocycles. The van der Waals surface area contributed by atoms with Crippen LogP contribution in [-0.2, 0) is 9.53 Å². The van der Waals surface area contributed by atoms with E-state index < -0.39 is 5.54 Å². The predicted octanol–water partition coefficient (Wildman–Crippen LogP) is 3.20. The first-order chi connectivity index (χ1) is 7.45. The molecule has 0 heterocycles. The molecular formula is C12H16BrNO2. The molecular weight excluding hydrogens is 270 g/mol. The Morgan fingerprint density at radius 2 is 2.19 bits per heavy atom. The van der Waals surface area contributed by atoms with Crippen LogP contribution < -0.4 is 5.32 Å². The van der Waals surface area contributed by atoms with E-state index in [1.165, 1.54) is 0 Å². The summed E-state index contributed by atoms with van der Waals surface area (Å²) in [6, 6.07) is 7.67.